The van der Waals surface area contributed by atoms with Gasteiger partial charge >= 0.3 is 11.9 Å². The van der Waals surface area contributed by atoms with E-state index in [9.17, 15) is 18.0 Å². The van der Waals surface area contributed by atoms with Gasteiger partial charge in [0.2, 0.25) is 0 Å². The van der Waals surface area contributed by atoms with Crippen LogP contribution >= 0.6 is 11.3 Å². The molecule has 0 fully saturated rings. The Morgan fingerprint density at radius 3 is 2.52 bits per heavy atom. The number of thiophene rings is 1. The quantitative estimate of drug-likeness (QED) is 0.754. The predicted molar refractivity (Wildman–Crippen MR) is 77.1 cm³/mol. The summed E-state index contributed by atoms with van der Waals surface area (Å²) < 4.78 is 30.2. The number of carboxylic acids is 1. The minimum Gasteiger partial charge on any atom is -0.477 e. The van der Waals surface area contributed by atoms with Crippen LogP contribution in [-0.4, -0.2) is 50.5 Å². The first-order chi connectivity index (χ1) is 9.70. The maximum absolute atomic E-state index is 12.3. The van der Waals surface area contributed by atoms with E-state index in [-0.39, 0.29) is 22.1 Å². The van der Waals surface area contributed by atoms with Gasteiger partial charge in [-0.2, -0.15) is 0 Å². The summed E-state index contributed by atoms with van der Waals surface area (Å²) in [6, 6.07) is 1.35. The van der Waals surface area contributed by atoms with Crippen LogP contribution in [0.15, 0.2) is 10.3 Å². The number of aromatic carboxylic acids is 1. The third-order valence-corrected chi connectivity index (χ3v) is 6.37. The van der Waals surface area contributed by atoms with Gasteiger partial charge in [0.05, 0.1) is 7.11 Å². The number of nitrogens with zero attached hydrogens (tertiary/aromatic N) is 1. The van der Waals surface area contributed by atoms with Crippen molar-refractivity contribution >= 4 is 33.3 Å². The highest BCUT2D eigenvalue weighted by Gasteiger charge is 2.25. The van der Waals surface area contributed by atoms with E-state index in [1.165, 1.54) is 20.2 Å². The summed E-state index contributed by atoms with van der Waals surface area (Å²) >= 11 is 0.726. The molecule has 0 saturated carbocycles. The number of hydrogen-bond donors (Lipinski definition) is 1. The van der Waals surface area contributed by atoms with E-state index >= 15 is 0 Å². The number of hydrogen-bond acceptors (Lipinski definition) is 6. The first kappa shape index (κ1) is 17.6. The molecule has 1 N–H and O–H groups in total. The summed E-state index contributed by atoms with van der Waals surface area (Å²) in [5, 5.41) is 8.96. The third-order valence-electron chi connectivity index (χ3n) is 2.84. The molecule has 0 radical (unpaired) electrons. The van der Waals surface area contributed by atoms with E-state index in [1.807, 2.05) is 0 Å². The molecule has 0 saturated heterocycles. The van der Waals surface area contributed by atoms with Crippen molar-refractivity contribution in [3.05, 3.63) is 16.5 Å². The van der Waals surface area contributed by atoms with E-state index in [1.54, 1.807) is 6.92 Å². The second-order valence-corrected chi connectivity index (χ2v) is 7.71. The standard InChI is InChI=1S/C12H17NO6S2/c1-8-7-10(20-11(8)12(15)16)21(17,18)13(2)6-4-5-9(14)19-3/h7H,4-6H2,1-3H3,(H,15,16). The molecule has 0 aromatic carbocycles. The average Bonchev–Trinajstić information content (AvgIpc) is 2.81. The van der Waals surface area contributed by atoms with Gasteiger partial charge in [-0.05, 0) is 25.0 Å². The number of rotatable bonds is 7. The number of sulfonamides is 1. The van der Waals surface area contributed by atoms with Crippen LogP contribution in [0, 0.1) is 6.92 Å². The largest absolute Gasteiger partial charge is 0.477 e. The van der Waals surface area contributed by atoms with E-state index in [4.69, 9.17) is 5.11 Å². The van der Waals surface area contributed by atoms with Crippen LogP contribution in [0.3, 0.4) is 0 Å². The van der Waals surface area contributed by atoms with Crippen LogP contribution in [0.4, 0.5) is 0 Å². The molecular formula is C12H17NO6S2. The highest BCUT2D eigenvalue weighted by molar-refractivity contribution is 7.91. The number of methoxy groups -OCH3 is 1. The Hall–Kier alpha value is -1.45. The molecule has 9 heteroatoms. The van der Waals surface area contributed by atoms with Gasteiger partial charge in [-0.1, -0.05) is 0 Å². The summed E-state index contributed by atoms with van der Waals surface area (Å²) in [7, 11) is -1.08. The molecule has 1 heterocycles. The summed E-state index contributed by atoms with van der Waals surface area (Å²) in [5.74, 6) is -1.55. The van der Waals surface area contributed by atoms with Gasteiger partial charge in [-0.15, -0.1) is 11.3 Å². The van der Waals surface area contributed by atoms with Crippen LogP contribution in [0.25, 0.3) is 0 Å². The van der Waals surface area contributed by atoms with Crippen molar-refractivity contribution in [3.63, 3.8) is 0 Å². The lowest BCUT2D eigenvalue weighted by Gasteiger charge is -2.15. The fraction of sp³-hybridized carbons (Fsp3) is 0.500. The highest BCUT2D eigenvalue weighted by Crippen LogP contribution is 2.28. The van der Waals surface area contributed by atoms with Crippen molar-refractivity contribution in [1.82, 2.24) is 4.31 Å². The molecule has 1 aromatic rings. The zero-order valence-electron chi connectivity index (χ0n) is 12.0. The fourth-order valence-electron chi connectivity index (χ4n) is 1.61. The average molecular weight is 335 g/mol. The Bertz CT molecular complexity index is 634. The molecule has 0 atom stereocenters. The molecule has 0 spiro atoms. The first-order valence-corrected chi connectivity index (χ1v) is 8.32. The summed E-state index contributed by atoms with van der Waals surface area (Å²) in [4.78, 5) is 22.0. The number of carboxylic acid groups (broad SMARTS) is 1. The number of carbonyl (C=O) groups excluding carboxylic acids is 1. The first-order valence-electron chi connectivity index (χ1n) is 6.07. The van der Waals surface area contributed by atoms with Gasteiger partial charge in [-0.3, -0.25) is 4.79 Å². The second-order valence-electron chi connectivity index (χ2n) is 4.39. The molecule has 1 aromatic heterocycles. The Kier molecular flexibility index (Phi) is 5.87. The Balaban J connectivity index is 2.83. The number of carbonyl (C=O) groups is 2. The van der Waals surface area contributed by atoms with E-state index in [2.05, 4.69) is 4.74 Å². The third kappa shape index (κ3) is 4.26. The molecule has 0 bridgehead atoms. The number of aryl methyl sites for hydroxylation is 1. The summed E-state index contributed by atoms with van der Waals surface area (Å²) in [6.07, 6.45) is 0.457. The topological polar surface area (TPSA) is 101 Å². The van der Waals surface area contributed by atoms with Crippen molar-refractivity contribution < 1.29 is 27.9 Å². The molecule has 0 aliphatic rings. The molecule has 118 valence electrons. The van der Waals surface area contributed by atoms with Gasteiger partial charge in [-0.25, -0.2) is 17.5 Å². The SMILES string of the molecule is COC(=O)CCCN(C)S(=O)(=O)c1cc(C)c(C(=O)O)s1. The van der Waals surface area contributed by atoms with Gasteiger partial charge in [0, 0.05) is 20.0 Å². The van der Waals surface area contributed by atoms with Crippen LogP contribution in [0.1, 0.15) is 28.1 Å². The Morgan fingerprint density at radius 1 is 1.43 bits per heavy atom. The molecule has 0 amide bonds. The van der Waals surface area contributed by atoms with Crippen molar-refractivity contribution in [2.24, 2.45) is 0 Å². The van der Waals surface area contributed by atoms with Gasteiger partial charge in [0.25, 0.3) is 10.0 Å². The number of ether oxygens (including phenoxy) is 1. The fourth-order valence-corrected chi connectivity index (χ4v) is 4.41. The minimum atomic E-state index is -3.74. The van der Waals surface area contributed by atoms with E-state index < -0.39 is 22.0 Å². The van der Waals surface area contributed by atoms with Crippen molar-refractivity contribution in [1.29, 1.82) is 0 Å². The lowest BCUT2D eigenvalue weighted by molar-refractivity contribution is -0.140. The van der Waals surface area contributed by atoms with Crippen molar-refractivity contribution in [3.8, 4) is 0 Å². The molecular weight excluding hydrogens is 318 g/mol. The molecule has 0 aliphatic carbocycles. The van der Waals surface area contributed by atoms with E-state index in [0.29, 0.717) is 12.0 Å². The van der Waals surface area contributed by atoms with Gasteiger partial charge < -0.3 is 9.84 Å². The van der Waals surface area contributed by atoms with Gasteiger partial charge in [0.15, 0.2) is 0 Å². The second kappa shape index (κ2) is 7.01. The van der Waals surface area contributed by atoms with Crippen LogP contribution in [0.5, 0.6) is 0 Å². The zero-order chi connectivity index (χ0) is 16.2. The van der Waals surface area contributed by atoms with Gasteiger partial charge in [0.1, 0.15) is 9.09 Å². The van der Waals surface area contributed by atoms with Crippen LogP contribution in [-0.2, 0) is 19.6 Å². The molecule has 0 aliphatic heterocycles. The number of esters is 1. The predicted octanol–water partition coefficient (Wildman–Crippen LogP) is 1.33. The minimum absolute atomic E-state index is 0.0107. The highest BCUT2D eigenvalue weighted by atomic mass is 32.2. The smallest absolute Gasteiger partial charge is 0.346 e. The molecule has 0 unspecified atom stereocenters. The maximum atomic E-state index is 12.3. The maximum Gasteiger partial charge on any atom is 0.346 e. The lowest BCUT2D eigenvalue weighted by atomic mass is 10.3. The normalized spacial score (nSPS) is 11.6. The Labute approximate surface area is 127 Å². The van der Waals surface area contributed by atoms with Crippen molar-refractivity contribution in [2.75, 3.05) is 20.7 Å². The Morgan fingerprint density at radius 2 is 2.05 bits per heavy atom. The van der Waals surface area contributed by atoms with E-state index in [0.717, 1.165) is 15.6 Å². The summed E-state index contributed by atoms with van der Waals surface area (Å²) in [6.45, 7) is 1.70. The lowest BCUT2D eigenvalue weighted by Crippen LogP contribution is -2.27. The van der Waals surface area contributed by atoms with Crippen LogP contribution < -0.4 is 0 Å². The molecule has 1 rings (SSSR count). The zero-order valence-corrected chi connectivity index (χ0v) is 13.6. The van der Waals surface area contributed by atoms with Crippen LogP contribution in [0.2, 0.25) is 0 Å². The monoisotopic (exact) mass is 335 g/mol. The summed E-state index contributed by atoms with van der Waals surface area (Å²) in [5.41, 5.74) is 0.411. The molecule has 7 nitrogen and oxygen atoms in total. The van der Waals surface area contributed by atoms with Crippen molar-refractivity contribution in [2.45, 2.75) is 24.0 Å². The molecule has 21 heavy (non-hydrogen) atoms.